The van der Waals surface area contributed by atoms with Gasteiger partial charge in [0.1, 0.15) is 11.6 Å². The summed E-state index contributed by atoms with van der Waals surface area (Å²) in [5, 5.41) is 12.5. The van der Waals surface area contributed by atoms with Crippen LogP contribution in [-0.4, -0.2) is 19.1 Å². The Bertz CT molecular complexity index is 873. The zero-order valence-electron chi connectivity index (χ0n) is 14.0. The zero-order valence-corrected chi connectivity index (χ0v) is 14.8. The van der Waals surface area contributed by atoms with Crippen LogP contribution in [0.1, 0.15) is 17.5 Å². The molecular weight excluding hydrogens is 352 g/mol. The molecule has 0 spiro atoms. The standard InChI is InChI=1S/C20H17ClN2O3/c21-17-10-15(11-18-19(17)26-8-4-7-25-18)9-16(12-22)20(24)23-13-14-5-2-1-3-6-14/h1-3,5-6,9-11H,4,7-8,13H2,(H,23,24)/b16-9+. The molecule has 1 aliphatic rings. The highest BCUT2D eigenvalue weighted by Gasteiger charge is 2.16. The summed E-state index contributed by atoms with van der Waals surface area (Å²) in [5.74, 6) is 0.566. The van der Waals surface area contributed by atoms with Gasteiger partial charge in [-0.25, -0.2) is 0 Å². The second-order valence-electron chi connectivity index (χ2n) is 5.72. The van der Waals surface area contributed by atoms with Crippen LogP contribution in [0.25, 0.3) is 6.08 Å². The summed E-state index contributed by atoms with van der Waals surface area (Å²) in [6.07, 6.45) is 2.25. The van der Waals surface area contributed by atoms with Crippen LogP contribution in [0.2, 0.25) is 5.02 Å². The topological polar surface area (TPSA) is 71.3 Å². The van der Waals surface area contributed by atoms with Gasteiger partial charge in [-0.3, -0.25) is 4.79 Å². The van der Waals surface area contributed by atoms with Crippen LogP contribution in [0.4, 0.5) is 0 Å². The van der Waals surface area contributed by atoms with Crippen molar-refractivity contribution in [3.05, 3.63) is 64.2 Å². The molecule has 1 aliphatic heterocycles. The van der Waals surface area contributed by atoms with Crippen molar-refractivity contribution in [3.63, 3.8) is 0 Å². The van der Waals surface area contributed by atoms with E-state index in [4.69, 9.17) is 21.1 Å². The summed E-state index contributed by atoms with van der Waals surface area (Å²) in [5.41, 5.74) is 1.55. The molecule has 1 amide bonds. The molecule has 26 heavy (non-hydrogen) atoms. The van der Waals surface area contributed by atoms with Crippen LogP contribution in [-0.2, 0) is 11.3 Å². The van der Waals surface area contributed by atoms with E-state index in [1.165, 1.54) is 6.08 Å². The van der Waals surface area contributed by atoms with E-state index in [9.17, 15) is 10.1 Å². The molecule has 0 radical (unpaired) electrons. The third-order valence-corrected chi connectivity index (χ3v) is 4.08. The Balaban J connectivity index is 1.78. The summed E-state index contributed by atoms with van der Waals surface area (Å²) in [6, 6.07) is 14.8. The van der Waals surface area contributed by atoms with Crippen molar-refractivity contribution in [2.75, 3.05) is 13.2 Å². The minimum atomic E-state index is -0.445. The SMILES string of the molecule is N#C/C(=C\c1cc(Cl)c2c(c1)OCCCO2)C(=O)NCc1ccccc1. The van der Waals surface area contributed by atoms with Crippen molar-refractivity contribution in [1.29, 1.82) is 5.26 Å². The lowest BCUT2D eigenvalue weighted by Gasteiger charge is -2.10. The second-order valence-corrected chi connectivity index (χ2v) is 6.13. The molecule has 1 N–H and O–H groups in total. The summed E-state index contributed by atoms with van der Waals surface area (Å²) < 4.78 is 11.2. The first-order valence-corrected chi connectivity index (χ1v) is 8.58. The van der Waals surface area contributed by atoms with Gasteiger partial charge in [0.2, 0.25) is 0 Å². The maximum Gasteiger partial charge on any atom is 0.262 e. The average Bonchev–Trinajstić information content (AvgIpc) is 2.91. The largest absolute Gasteiger partial charge is 0.489 e. The van der Waals surface area contributed by atoms with Crippen LogP contribution >= 0.6 is 11.6 Å². The van der Waals surface area contributed by atoms with Crippen LogP contribution in [0.15, 0.2) is 48.0 Å². The summed E-state index contributed by atoms with van der Waals surface area (Å²) in [6.45, 7) is 1.41. The number of benzene rings is 2. The van der Waals surface area contributed by atoms with E-state index in [2.05, 4.69) is 5.32 Å². The minimum absolute atomic E-state index is 0.00788. The first-order valence-electron chi connectivity index (χ1n) is 8.20. The summed E-state index contributed by atoms with van der Waals surface area (Å²) in [4.78, 5) is 12.3. The molecule has 0 aromatic heterocycles. The third kappa shape index (κ3) is 4.35. The van der Waals surface area contributed by atoms with E-state index >= 15 is 0 Å². The predicted octanol–water partition coefficient (Wildman–Crippen LogP) is 3.72. The highest BCUT2D eigenvalue weighted by molar-refractivity contribution is 6.32. The molecule has 0 unspecified atom stereocenters. The number of rotatable bonds is 4. The first kappa shape index (κ1) is 17.8. The van der Waals surface area contributed by atoms with Gasteiger partial charge in [-0.05, 0) is 29.3 Å². The Labute approximate surface area is 156 Å². The predicted molar refractivity (Wildman–Crippen MR) is 98.9 cm³/mol. The summed E-state index contributed by atoms with van der Waals surface area (Å²) >= 11 is 6.25. The molecule has 132 valence electrons. The lowest BCUT2D eigenvalue weighted by Crippen LogP contribution is -2.23. The Morgan fingerprint density at radius 3 is 2.77 bits per heavy atom. The molecule has 0 saturated carbocycles. The van der Waals surface area contributed by atoms with E-state index in [0.29, 0.717) is 41.8 Å². The van der Waals surface area contributed by atoms with Crippen LogP contribution in [0, 0.1) is 11.3 Å². The van der Waals surface area contributed by atoms with Crippen molar-refractivity contribution in [2.45, 2.75) is 13.0 Å². The number of halogens is 1. The average molecular weight is 369 g/mol. The molecule has 2 aromatic carbocycles. The van der Waals surface area contributed by atoms with E-state index < -0.39 is 5.91 Å². The quantitative estimate of drug-likeness (QED) is 0.659. The van der Waals surface area contributed by atoms with Gasteiger partial charge in [0, 0.05) is 13.0 Å². The molecule has 3 rings (SSSR count). The number of fused-ring (bicyclic) bond motifs is 1. The molecule has 0 bridgehead atoms. The molecule has 6 heteroatoms. The summed E-state index contributed by atoms with van der Waals surface area (Å²) in [7, 11) is 0. The van der Waals surface area contributed by atoms with E-state index in [1.54, 1.807) is 12.1 Å². The van der Waals surface area contributed by atoms with Crippen molar-refractivity contribution < 1.29 is 14.3 Å². The normalized spacial score (nSPS) is 13.5. The molecule has 0 saturated heterocycles. The molecular formula is C20H17ClN2O3. The van der Waals surface area contributed by atoms with E-state index in [-0.39, 0.29) is 5.57 Å². The smallest absolute Gasteiger partial charge is 0.262 e. The van der Waals surface area contributed by atoms with E-state index in [1.807, 2.05) is 36.4 Å². The zero-order chi connectivity index (χ0) is 18.4. The molecule has 0 aliphatic carbocycles. The van der Waals surface area contributed by atoms with Crippen molar-refractivity contribution in [2.24, 2.45) is 0 Å². The molecule has 2 aromatic rings. The molecule has 0 atom stereocenters. The van der Waals surface area contributed by atoms with Gasteiger partial charge in [0.25, 0.3) is 5.91 Å². The minimum Gasteiger partial charge on any atom is -0.489 e. The maximum atomic E-state index is 12.3. The Morgan fingerprint density at radius 2 is 2.00 bits per heavy atom. The van der Waals surface area contributed by atoms with Gasteiger partial charge in [-0.15, -0.1) is 0 Å². The monoisotopic (exact) mass is 368 g/mol. The van der Waals surface area contributed by atoms with Gasteiger partial charge in [0.15, 0.2) is 11.5 Å². The van der Waals surface area contributed by atoms with E-state index in [0.717, 1.165) is 12.0 Å². The Kier molecular flexibility index (Phi) is 5.77. The third-order valence-electron chi connectivity index (χ3n) is 3.80. The van der Waals surface area contributed by atoms with Crippen LogP contribution in [0.3, 0.4) is 0 Å². The fourth-order valence-corrected chi connectivity index (χ4v) is 2.80. The number of nitriles is 1. The highest BCUT2D eigenvalue weighted by atomic mass is 35.5. The fourth-order valence-electron chi connectivity index (χ4n) is 2.52. The molecule has 5 nitrogen and oxygen atoms in total. The number of ether oxygens (including phenoxy) is 2. The number of carbonyl (C=O) groups is 1. The number of hydrogen-bond donors (Lipinski definition) is 1. The van der Waals surface area contributed by atoms with Crippen molar-refractivity contribution in [1.82, 2.24) is 5.32 Å². The second kappa shape index (κ2) is 8.41. The lowest BCUT2D eigenvalue weighted by atomic mass is 10.1. The highest BCUT2D eigenvalue weighted by Crippen LogP contribution is 2.38. The Morgan fingerprint density at radius 1 is 1.23 bits per heavy atom. The van der Waals surface area contributed by atoms with Crippen LogP contribution < -0.4 is 14.8 Å². The molecule has 1 heterocycles. The number of carbonyl (C=O) groups excluding carboxylic acids is 1. The first-order chi connectivity index (χ1) is 12.7. The van der Waals surface area contributed by atoms with Crippen molar-refractivity contribution >= 4 is 23.6 Å². The van der Waals surface area contributed by atoms with Gasteiger partial charge in [0.05, 0.1) is 18.2 Å². The maximum absolute atomic E-state index is 12.3. The number of amides is 1. The number of hydrogen-bond acceptors (Lipinski definition) is 4. The Hall–Kier alpha value is -2.97. The number of nitrogens with one attached hydrogen (secondary N) is 1. The van der Waals surface area contributed by atoms with Gasteiger partial charge in [-0.1, -0.05) is 41.9 Å². The van der Waals surface area contributed by atoms with Gasteiger partial charge >= 0.3 is 0 Å². The van der Waals surface area contributed by atoms with Crippen molar-refractivity contribution in [3.8, 4) is 17.6 Å². The molecule has 0 fully saturated rings. The van der Waals surface area contributed by atoms with Gasteiger partial charge in [-0.2, -0.15) is 5.26 Å². The fraction of sp³-hybridized carbons (Fsp3) is 0.200. The van der Waals surface area contributed by atoms with Gasteiger partial charge < -0.3 is 14.8 Å². The lowest BCUT2D eigenvalue weighted by molar-refractivity contribution is -0.117. The number of nitrogens with zero attached hydrogens (tertiary/aromatic N) is 1. The van der Waals surface area contributed by atoms with Crippen LogP contribution in [0.5, 0.6) is 11.5 Å².